The highest BCUT2D eigenvalue weighted by Gasteiger charge is 2.27. The van der Waals surface area contributed by atoms with Gasteiger partial charge in [0.2, 0.25) is 0 Å². The summed E-state index contributed by atoms with van der Waals surface area (Å²) in [5, 5.41) is 14.1. The molecule has 0 aliphatic carbocycles. The fraction of sp³-hybridized carbons (Fsp3) is 0.429. The first kappa shape index (κ1) is 15.9. The normalized spacial score (nSPS) is 12.6. The SMILES string of the molecule is CC(NC(=O)NCC(C)(C)C(=O)O)c1cccc(F)c1. The number of aliphatic carboxylic acids is 1. The van der Waals surface area contributed by atoms with Crippen LogP contribution in [0.2, 0.25) is 0 Å². The minimum absolute atomic E-state index is 0.00401. The van der Waals surface area contributed by atoms with E-state index in [2.05, 4.69) is 10.6 Å². The third-order valence-corrected chi connectivity index (χ3v) is 2.97. The number of carbonyl (C=O) groups excluding carboxylic acids is 1. The second-order valence-corrected chi connectivity index (χ2v) is 5.29. The van der Waals surface area contributed by atoms with Crippen molar-refractivity contribution in [2.75, 3.05) is 6.54 Å². The molecule has 0 saturated carbocycles. The van der Waals surface area contributed by atoms with E-state index in [0.717, 1.165) is 0 Å². The number of benzene rings is 1. The van der Waals surface area contributed by atoms with Crippen LogP contribution in [0.5, 0.6) is 0 Å². The molecule has 6 heteroatoms. The van der Waals surface area contributed by atoms with Crippen LogP contribution in [0.1, 0.15) is 32.4 Å². The van der Waals surface area contributed by atoms with E-state index in [0.29, 0.717) is 5.56 Å². The molecule has 0 heterocycles. The van der Waals surface area contributed by atoms with Crippen LogP contribution in [0.4, 0.5) is 9.18 Å². The molecule has 2 amide bonds. The van der Waals surface area contributed by atoms with Crippen molar-refractivity contribution >= 4 is 12.0 Å². The Kier molecular flexibility index (Phi) is 5.07. The molecule has 1 atom stereocenters. The number of nitrogens with one attached hydrogen (secondary N) is 2. The van der Waals surface area contributed by atoms with Crippen LogP contribution in [0, 0.1) is 11.2 Å². The van der Waals surface area contributed by atoms with E-state index in [1.165, 1.54) is 26.0 Å². The van der Waals surface area contributed by atoms with Crippen molar-refractivity contribution in [1.29, 1.82) is 0 Å². The van der Waals surface area contributed by atoms with Crippen LogP contribution < -0.4 is 10.6 Å². The largest absolute Gasteiger partial charge is 0.481 e. The number of carboxylic acids is 1. The number of halogens is 1. The van der Waals surface area contributed by atoms with Crippen molar-refractivity contribution in [3.63, 3.8) is 0 Å². The van der Waals surface area contributed by atoms with Crippen LogP contribution in [0.15, 0.2) is 24.3 Å². The van der Waals surface area contributed by atoms with Crippen LogP contribution in [0.3, 0.4) is 0 Å². The molecule has 1 unspecified atom stereocenters. The third-order valence-electron chi connectivity index (χ3n) is 2.97. The molecule has 110 valence electrons. The third kappa shape index (κ3) is 4.53. The van der Waals surface area contributed by atoms with Gasteiger partial charge in [-0.25, -0.2) is 9.18 Å². The Morgan fingerprint density at radius 1 is 1.40 bits per heavy atom. The molecule has 1 aromatic rings. The van der Waals surface area contributed by atoms with Gasteiger partial charge >= 0.3 is 12.0 Å². The topological polar surface area (TPSA) is 78.4 Å². The van der Waals surface area contributed by atoms with Crippen LogP contribution in [0.25, 0.3) is 0 Å². The molecule has 1 aromatic carbocycles. The van der Waals surface area contributed by atoms with E-state index < -0.39 is 17.4 Å². The van der Waals surface area contributed by atoms with Gasteiger partial charge in [-0.3, -0.25) is 4.79 Å². The number of hydrogen-bond donors (Lipinski definition) is 3. The van der Waals surface area contributed by atoms with Crippen molar-refractivity contribution in [3.05, 3.63) is 35.6 Å². The summed E-state index contributed by atoms with van der Waals surface area (Å²) in [6, 6.07) is 5.07. The van der Waals surface area contributed by atoms with Gasteiger partial charge in [0.05, 0.1) is 11.5 Å². The smallest absolute Gasteiger partial charge is 0.315 e. The summed E-state index contributed by atoms with van der Waals surface area (Å²) >= 11 is 0. The minimum Gasteiger partial charge on any atom is -0.481 e. The zero-order valence-electron chi connectivity index (χ0n) is 11.7. The Hall–Kier alpha value is -2.11. The lowest BCUT2D eigenvalue weighted by atomic mass is 9.94. The quantitative estimate of drug-likeness (QED) is 0.775. The van der Waals surface area contributed by atoms with Crippen molar-refractivity contribution in [1.82, 2.24) is 10.6 Å². The zero-order chi connectivity index (χ0) is 15.3. The second-order valence-electron chi connectivity index (χ2n) is 5.29. The number of carbonyl (C=O) groups is 2. The standard InChI is InChI=1S/C14H19FN2O3/c1-9(10-5-4-6-11(15)7-10)17-13(20)16-8-14(2,3)12(18)19/h4-7,9H,8H2,1-3H3,(H,18,19)(H2,16,17,20). The molecule has 0 radical (unpaired) electrons. The minimum atomic E-state index is -1.04. The van der Waals surface area contributed by atoms with Gasteiger partial charge in [-0.05, 0) is 38.5 Å². The van der Waals surface area contributed by atoms with Crippen molar-refractivity contribution < 1.29 is 19.1 Å². The Balaban J connectivity index is 2.52. The second kappa shape index (κ2) is 6.36. The van der Waals surface area contributed by atoms with Gasteiger partial charge in [-0.1, -0.05) is 12.1 Å². The lowest BCUT2D eigenvalue weighted by Gasteiger charge is -2.21. The zero-order valence-corrected chi connectivity index (χ0v) is 11.7. The maximum atomic E-state index is 13.1. The summed E-state index contributed by atoms with van der Waals surface area (Å²) in [7, 11) is 0. The summed E-state index contributed by atoms with van der Waals surface area (Å²) in [5.41, 5.74) is -0.406. The summed E-state index contributed by atoms with van der Waals surface area (Å²) in [5.74, 6) is -1.36. The Morgan fingerprint density at radius 2 is 2.05 bits per heavy atom. The van der Waals surface area contributed by atoms with E-state index in [-0.39, 0.29) is 18.4 Å². The molecule has 0 saturated heterocycles. The lowest BCUT2D eigenvalue weighted by molar-refractivity contribution is -0.146. The molecule has 0 aromatic heterocycles. The highest BCUT2D eigenvalue weighted by Crippen LogP contribution is 2.14. The van der Waals surface area contributed by atoms with E-state index >= 15 is 0 Å². The molecule has 20 heavy (non-hydrogen) atoms. The number of urea groups is 1. The predicted molar refractivity (Wildman–Crippen MR) is 72.8 cm³/mol. The highest BCUT2D eigenvalue weighted by molar-refractivity contribution is 5.77. The fourth-order valence-corrected chi connectivity index (χ4v) is 1.48. The van der Waals surface area contributed by atoms with Gasteiger partial charge in [-0.15, -0.1) is 0 Å². The van der Waals surface area contributed by atoms with Crippen LogP contribution >= 0.6 is 0 Å². The maximum Gasteiger partial charge on any atom is 0.315 e. The van der Waals surface area contributed by atoms with Gasteiger partial charge in [0, 0.05) is 6.54 Å². The van der Waals surface area contributed by atoms with Crippen molar-refractivity contribution in [3.8, 4) is 0 Å². The number of amides is 2. The Bertz CT molecular complexity index is 503. The summed E-state index contributed by atoms with van der Waals surface area (Å²) in [4.78, 5) is 22.6. The number of rotatable bonds is 5. The monoisotopic (exact) mass is 282 g/mol. The average Bonchev–Trinajstić information content (AvgIpc) is 2.36. The van der Waals surface area contributed by atoms with Crippen molar-refractivity contribution in [2.45, 2.75) is 26.8 Å². The molecule has 1 rings (SSSR count). The van der Waals surface area contributed by atoms with Gasteiger partial charge in [0.25, 0.3) is 0 Å². The molecule has 5 nitrogen and oxygen atoms in total. The van der Waals surface area contributed by atoms with Crippen LogP contribution in [-0.2, 0) is 4.79 Å². The lowest BCUT2D eigenvalue weighted by Crippen LogP contribution is -2.44. The summed E-state index contributed by atoms with van der Waals surface area (Å²) in [6.07, 6.45) is 0. The summed E-state index contributed by atoms with van der Waals surface area (Å²) in [6.45, 7) is 4.76. The molecular weight excluding hydrogens is 263 g/mol. The van der Waals surface area contributed by atoms with Gasteiger partial charge < -0.3 is 15.7 Å². The summed E-state index contributed by atoms with van der Waals surface area (Å²) < 4.78 is 13.1. The Morgan fingerprint density at radius 3 is 2.60 bits per heavy atom. The van der Waals surface area contributed by atoms with E-state index in [1.807, 2.05) is 0 Å². The first-order valence-electron chi connectivity index (χ1n) is 6.25. The van der Waals surface area contributed by atoms with E-state index in [1.54, 1.807) is 19.1 Å². The number of carboxylic acid groups (broad SMARTS) is 1. The molecule has 0 fully saturated rings. The molecule has 0 bridgehead atoms. The predicted octanol–water partition coefficient (Wildman–Crippen LogP) is 2.30. The highest BCUT2D eigenvalue weighted by atomic mass is 19.1. The van der Waals surface area contributed by atoms with Gasteiger partial charge in [0.15, 0.2) is 0 Å². The van der Waals surface area contributed by atoms with Gasteiger partial charge in [-0.2, -0.15) is 0 Å². The first-order valence-corrected chi connectivity index (χ1v) is 6.25. The molecule has 0 aliphatic heterocycles. The first-order chi connectivity index (χ1) is 9.22. The van der Waals surface area contributed by atoms with Gasteiger partial charge in [0.1, 0.15) is 5.82 Å². The maximum absolute atomic E-state index is 13.1. The average molecular weight is 282 g/mol. The molecule has 3 N–H and O–H groups in total. The van der Waals surface area contributed by atoms with Crippen LogP contribution in [-0.4, -0.2) is 23.7 Å². The molecule has 0 spiro atoms. The fourth-order valence-electron chi connectivity index (χ4n) is 1.48. The Labute approximate surface area is 117 Å². The molecule has 0 aliphatic rings. The van der Waals surface area contributed by atoms with E-state index in [4.69, 9.17) is 5.11 Å². The van der Waals surface area contributed by atoms with Crippen molar-refractivity contribution in [2.24, 2.45) is 5.41 Å². The van der Waals surface area contributed by atoms with E-state index in [9.17, 15) is 14.0 Å². The molecular formula is C14H19FN2O3. The number of hydrogen-bond acceptors (Lipinski definition) is 2.